The van der Waals surface area contributed by atoms with Gasteiger partial charge in [0.2, 0.25) is 0 Å². The number of rotatable bonds is 7. The van der Waals surface area contributed by atoms with Crippen LogP contribution >= 0.6 is 23.2 Å². The number of halogens is 2. The lowest BCUT2D eigenvalue weighted by Crippen LogP contribution is -2.28. The molecule has 3 aromatic heterocycles. The topological polar surface area (TPSA) is 132 Å². The lowest BCUT2D eigenvalue weighted by atomic mass is 10.2. The van der Waals surface area contributed by atoms with Crippen LogP contribution in [0.4, 0.5) is 16.2 Å². The fraction of sp³-hybridized carbons (Fsp3) is 0.316. The number of amides is 3. The van der Waals surface area contributed by atoms with Gasteiger partial charge in [-0.2, -0.15) is 5.10 Å². The normalized spacial score (nSPS) is 12.1. The van der Waals surface area contributed by atoms with Crippen molar-refractivity contribution in [2.75, 3.05) is 17.7 Å². The molecule has 3 N–H and O–H groups in total. The highest BCUT2D eigenvalue weighted by Crippen LogP contribution is 2.26. The zero-order valence-corrected chi connectivity index (χ0v) is 19.2. The number of hydrogen-bond acceptors (Lipinski definition) is 7. The van der Waals surface area contributed by atoms with Crippen molar-refractivity contribution in [3.63, 3.8) is 0 Å². The predicted octanol–water partition coefficient (Wildman–Crippen LogP) is 3.85. The van der Waals surface area contributed by atoms with Gasteiger partial charge in [0.25, 0.3) is 5.91 Å². The van der Waals surface area contributed by atoms with Gasteiger partial charge in [0, 0.05) is 13.2 Å². The molecule has 170 valence electrons. The Morgan fingerprint density at radius 2 is 1.84 bits per heavy atom. The van der Waals surface area contributed by atoms with Crippen molar-refractivity contribution in [3.05, 3.63) is 46.1 Å². The van der Waals surface area contributed by atoms with Crippen molar-refractivity contribution >= 4 is 52.2 Å². The third-order valence-corrected chi connectivity index (χ3v) is 4.65. The van der Waals surface area contributed by atoms with Crippen molar-refractivity contribution in [1.82, 2.24) is 25.1 Å². The number of nitrogens with one attached hydrogen (secondary N) is 3. The van der Waals surface area contributed by atoms with Gasteiger partial charge in [-0.1, -0.05) is 23.2 Å². The summed E-state index contributed by atoms with van der Waals surface area (Å²) < 4.78 is 6.90. The van der Waals surface area contributed by atoms with E-state index in [1.807, 2.05) is 0 Å². The van der Waals surface area contributed by atoms with Gasteiger partial charge in [-0.3, -0.25) is 9.63 Å². The molecule has 0 spiro atoms. The third-order valence-electron chi connectivity index (χ3n) is 4.18. The highest BCUT2D eigenvalue weighted by Gasteiger charge is 2.20. The fourth-order valence-electron chi connectivity index (χ4n) is 2.70. The Balaban J connectivity index is 1.77. The molecule has 0 unspecified atom stereocenters. The Labute approximate surface area is 193 Å². The van der Waals surface area contributed by atoms with Gasteiger partial charge in [0.05, 0.1) is 46.7 Å². The van der Waals surface area contributed by atoms with E-state index in [1.165, 1.54) is 30.1 Å². The highest BCUT2D eigenvalue weighted by molar-refractivity contribution is 6.33. The summed E-state index contributed by atoms with van der Waals surface area (Å²) >= 11 is 12.1. The Bertz CT molecular complexity index is 1150. The lowest BCUT2D eigenvalue weighted by Gasteiger charge is -2.17. The molecule has 3 heterocycles. The Kier molecular flexibility index (Phi) is 7.46. The average molecular weight is 482 g/mol. The molecule has 0 radical (unpaired) electrons. The number of carbonyl (C=O) groups is 2. The van der Waals surface area contributed by atoms with Crippen LogP contribution in [0.3, 0.4) is 0 Å². The quantitative estimate of drug-likeness (QED) is 0.436. The molecule has 13 heteroatoms. The SMILES string of the molecule is CO[C@@H](C)c1c(NC(=O)Nc2cnc(C(=O)NOC(C)C)c(Cl)c2)cnc2cc(Cl)nn12. The molecule has 3 rings (SSSR count). The lowest BCUT2D eigenvalue weighted by molar-refractivity contribution is -0.000124. The minimum absolute atomic E-state index is 0.0376. The molecule has 0 saturated heterocycles. The first kappa shape index (κ1) is 23.7. The fourth-order valence-corrected chi connectivity index (χ4v) is 3.13. The molecule has 0 saturated carbocycles. The standard InChI is InChI=1S/C19H21Cl2N7O4/c1-9(2)32-27-18(29)16-12(20)5-11(7-23-16)24-19(30)25-13-8-22-15-6-14(21)26-28(15)17(13)10(3)31-4/h5-10H,1-4H3,(H,27,29)(H2,24,25,30)/t10-/m0/s1. The van der Waals surface area contributed by atoms with E-state index in [0.29, 0.717) is 17.0 Å². The number of fused-ring (bicyclic) bond motifs is 1. The number of hydrogen-bond donors (Lipinski definition) is 3. The van der Waals surface area contributed by atoms with E-state index in [-0.39, 0.29) is 27.7 Å². The molecule has 1 atom stereocenters. The van der Waals surface area contributed by atoms with Crippen molar-refractivity contribution < 1.29 is 19.2 Å². The minimum atomic E-state index is -0.602. The Morgan fingerprint density at radius 1 is 1.09 bits per heavy atom. The van der Waals surface area contributed by atoms with Crippen LogP contribution in [0.2, 0.25) is 10.2 Å². The van der Waals surface area contributed by atoms with Crippen LogP contribution in [-0.2, 0) is 9.57 Å². The molecule has 32 heavy (non-hydrogen) atoms. The predicted molar refractivity (Wildman–Crippen MR) is 119 cm³/mol. The summed E-state index contributed by atoms with van der Waals surface area (Å²) in [6.45, 7) is 5.31. The number of nitrogens with zero attached hydrogens (tertiary/aromatic N) is 4. The van der Waals surface area contributed by atoms with E-state index >= 15 is 0 Å². The second-order valence-electron chi connectivity index (χ2n) is 6.90. The zero-order valence-electron chi connectivity index (χ0n) is 17.6. The van der Waals surface area contributed by atoms with Crippen molar-refractivity contribution in [3.8, 4) is 0 Å². The van der Waals surface area contributed by atoms with E-state index in [0.717, 1.165) is 0 Å². The number of urea groups is 1. The summed E-state index contributed by atoms with van der Waals surface area (Å²) in [7, 11) is 1.53. The van der Waals surface area contributed by atoms with Gasteiger partial charge in [0.15, 0.2) is 10.8 Å². The second-order valence-corrected chi connectivity index (χ2v) is 7.70. The van der Waals surface area contributed by atoms with Crippen molar-refractivity contribution in [1.29, 1.82) is 0 Å². The monoisotopic (exact) mass is 481 g/mol. The molecule has 3 aromatic rings. The minimum Gasteiger partial charge on any atom is -0.375 e. The van der Waals surface area contributed by atoms with Crippen LogP contribution in [0.25, 0.3) is 5.65 Å². The number of aromatic nitrogens is 4. The first-order chi connectivity index (χ1) is 15.2. The number of hydroxylamine groups is 1. The van der Waals surface area contributed by atoms with E-state index in [1.54, 1.807) is 26.8 Å². The smallest absolute Gasteiger partial charge is 0.323 e. The van der Waals surface area contributed by atoms with E-state index in [2.05, 4.69) is 31.2 Å². The molecule has 0 aliphatic heterocycles. The van der Waals surface area contributed by atoms with Crippen molar-refractivity contribution in [2.24, 2.45) is 0 Å². The van der Waals surface area contributed by atoms with Gasteiger partial charge in [0.1, 0.15) is 5.69 Å². The number of methoxy groups -OCH3 is 1. The zero-order chi connectivity index (χ0) is 23.4. The van der Waals surface area contributed by atoms with Gasteiger partial charge in [-0.25, -0.2) is 24.8 Å². The maximum atomic E-state index is 12.6. The van der Waals surface area contributed by atoms with E-state index in [4.69, 9.17) is 32.8 Å². The number of pyridine rings is 1. The maximum absolute atomic E-state index is 12.6. The second kappa shape index (κ2) is 10.1. The van der Waals surface area contributed by atoms with Gasteiger partial charge >= 0.3 is 6.03 Å². The van der Waals surface area contributed by atoms with Gasteiger partial charge in [-0.05, 0) is 26.8 Å². The highest BCUT2D eigenvalue weighted by atomic mass is 35.5. The van der Waals surface area contributed by atoms with Crippen LogP contribution in [0, 0.1) is 0 Å². The van der Waals surface area contributed by atoms with E-state index in [9.17, 15) is 9.59 Å². The number of anilines is 2. The molecule has 0 fully saturated rings. The first-order valence-electron chi connectivity index (χ1n) is 9.46. The average Bonchev–Trinajstić information content (AvgIpc) is 3.11. The maximum Gasteiger partial charge on any atom is 0.323 e. The molecule has 0 aromatic carbocycles. The van der Waals surface area contributed by atoms with Crippen molar-refractivity contribution in [2.45, 2.75) is 33.0 Å². The van der Waals surface area contributed by atoms with Crippen LogP contribution in [0.1, 0.15) is 43.1 Å². The molecule has 0 aliphatic carbocycles. The molecule has 0 bridgehead atoms. The largest absolute Gasteiger partial charge is 0.375 e. The summed E-state index contributed by atoms with van der Waals surface area (Å²) in [5.74, 6) is -0.602. The van der Waals surface area contributed by atoms with Crippen LogP contribution in [0.5, 0.6) is 0 Å². The van der Waals surface area contributed by atoms with E-state index < -0.39 is 18.0 Å². The summed E-state index contributed by atoms with van der Waals surface area (Å²) in [4.78, 5) is 37.9. The molecule has 11 nitrogen and oxygen atoms in total. The molecule has 3 amide bonds. The van der Waals surface area contributed by atoms with Gasteiger partial charge in [-0.15, -0.1) is 0 Å². The number of ether oxygens (including phenoxy) is 1. The first-order valence-corrected chi connectivity index (χ1v) is 10.2. The summed E-state index contributed by atoms with van der Waals surface area (Å²) in [5, 5.41) is 9.78. The summed E-state index contributed by atoms with van der Waals surface area (Å²) in [6, 6.07) is 2.40. The molecular formula is C19H21Cl2N7O4. The van der Waals surface area contributed by atoms with Gasteiger partial charge < -0.3 is 15.4 Å². The third kappa shape index (κ3) is 5.43. The summed E-state index contributed by atoms with van der Waals surface area (Å²) in [5.41, 5.74) is 3.90. The summed E-state index contributed by atoms with van der Waals surface area (Å²) in [6.07, 6.45) is 2.14. The van der Waals surface area contributed by atoms with Crippen LogP contribution in [0.15, 0.2) is 24.5 Å². The van der Waals surface area contributed by atoms with Crippen LogP contribution < -0.4 is 16.1 Å². The molecule has 0 aliphatic rings. The number of carbonyl (C=O) groups excluding carboxylic acids is 2. The Morgan fingerprint density at radius 3 is 2.50 bits per heavy atom. The van der Waals surface area contributed by atoms with Crippen LogP contribution in [-0.4, -0.2) is 44.7 Å². The Hall–Kier alpha value is -2.99. The molecular weight excluding hydrogens is 461 g/mol.